The first kappa shape index (κ1) is 16.9. The molecular weight excluding hydrogens is 330 g/mol. The zero-order valence-corrected chi connectivity index (χ0v) is 13.7. The van der Waals surface area contributed by atoms with Crippen molar-refractivity contribution < 1.29 is 23.1 Å². The standard InChI is InChI=1S/C18H16F2N2O3/c1-18(12-6-7-14(19)15(20)9-12)16(23)22(17(24)21-18)10-11-4-3-5-13(8-11)25-2/h3-9H,10H2,1-2H3,(H,21,24)/t18-/m1/s1. The Labute approximate surface area is 143 Å². The first-order valence-corrected chi connectivity index (χ1v) is 7.57. The molecule has 1 aliphatic heterocycles. The largest absolute Gasteiger partial charge is 0.497 e. The molecule has 7 heteroatoms. The Morgan fingerprint density at radius 1 is 1.12 bits per heavy atom. The van der Waals surface area contributed by atoms with Crippen LogP contribution in [0.3, 0.4) is 0 Å². The summed E-state index contributed by atoms with van der Waals surface area (Å²) < 4.78 is 31.8. The summed E-state index contributed by atoms with van der Waals surface area (Å²) in [5, 5.41) is 2.56. The third-order valence-corrected chi connectivity index (χ3v) is 4.25. The minimum atomic E-state index is -1.45. The summed E-state index contributed by atoms with van der Waals surface area (Å²) in [5.41, 5.74) is -0.569. The molecule has 1 atom stereocenters. The summed E-state index contributed by atoms with van der Waals surface area (Å²) in [4.78, 5) is 26.1. The molecule has 1 fully saturated rings. The van der Waals surface area contributed by atoms with Crippen LogP contribution >= 0.6 is 0 Å². The van der Waals surface area contributed by atoms with E-state index < -0.39 is 29.1 Å². The molecule has 1 N–H and O–H groups in total. The van der Waals surface area contributed by atoms with Crippen LogP contribution in [0.4, 0.5) is 13.6 Å². The number of rotatable bonds is 4. The maximum Gasteiger partial charge on any atom is 0.325 e. The second-order valence-electron chi connectivity index (χ2n) is 5.93. The highest BCUT2D eigenvalue weighted by Gasteiger charge is 2.49. The number of carbonyl (C=O) groups is 2. The summed E-state index contributed by atoms with van der Waals surface area (Å²) in [6.07, 6.45) is 0. The Bertz CT molecular complexity index is 856. The highest BCUT2D eigenvalue weighted by molar-refractivity contribution is 6.07. The van der Waals surface area contributed by atoms with Crippen molar-refractivity contribution in [1.82, 2.24) is 10.2 Å². The smallest absolute Gasteiger partial charge is 0.325 e. The van der Waals surface area contributed by atoms with E-state index in [0.717, 1.165) is 17.0 Å². The molecule has 1 saturated heterocycles. The summed E-state index contributed by atoms with van der Waals surface area (Å²) in [5.74, 6) is -2.02. The third-order valence-electron chi connectivity index (χ3n) is 4.25. The Morgan fingerprint density at radius 3 is 2.56 bits per heavy atom. The van der Waals surface area contributed by atoms with Crippen LogP contribution in [-0.2, 0) is 16.9 Å². The predicted molar refractivity (Wildman–Crippen MR) is 85.8 cm³/mol. The summed E-state index contributed by atoms with van der Waals surface area (Å²) in [7, 11) is 1.52. The molecule has 0 radical (unpaired) electrons. The molecule has 0 aliphatic carbocycles. The van der Waals surface area contributed by atoms with E-state index in [0.29, 0.717) is 11.3 Å². The summed E-state index contributed by atoms with van der Waals surface area (Å²) >= 11 is 0. The van der Waals surface area contributed by atoms with Gasteiger partial charge >= 0.3 is 6.03 Å². The van der Waals surface area contributed by atoms with Crippen molar-refractivity contribution in [1.29, 1.82) is 0 Å². The fourth-order valence-electron chi connectivity index (χ4n) is 2.80. The van der Waals surface area contributed by atoms with Crippen molar-refractivity contribution in [3.05, 3.63) is 65.2 Å². The molecule has 0 spiro atoms. The van der Waals surface area contributed by atoms with Crippen molar-refractivity contribution in [2.75, 3.05) is 7.11 Å². The van der Waals surface area contributed by atoms with E-state index in [4.69, 9.17) is 4.74 Å². The van der Waals surface area contributed by atoms with Crippen molar-refractivity contribution in [2.45, 2.75) is 19.0 Å². The van der Waals surface area contributed by atoms with E-state index in [2.05, 4.69) is 5.32 Å². The number of urea groups is 1. The minimum absolute atomic E-state index is 0.0428. The number of methoxy groups -OCH3 is 1. The molecule has 2 aromatic rings. The fourth-order valence-corrected chi connectivity index (χ4v) is 2.80. The van der Waals surface area contributed by atoms with Gasteiger partial charge in [-0.1, -0.05) is 18.2 Å². The molecule has 0 aromatic heterocycles. The van der Waals surface area contributed by atoms with Gasteiger partial charge in [0.1, 0.15) is 11.3 Å². The second-order valence-corrected chi connectivity index (χ2v) is 5.93. The summed E-state index contributed by atoms with van der Waals surface area (Å²) in [6.45, 7) is 1.51. The van der Waals surface area contributed by atoms with Gasteiger partial charge in [0, 0.05) is 0 Å². The van der Waals surface area contributed by atoms with Gasteiger partial charge in [-0.2, -0.15) is 0 Å². The number of ether oxygens (including phenoxy) is 1. The number of halogens is 2. The number of nitrogens with zero attached hydrogens (tertiary/aromatic N) is 1. The van der Waals surface area contributed by atoms with Gasteiger partial charge in [-0.05, 0) is 42.3 Å². The average Bonchev–Trinajstić information content (AvgIpc) is 2.81. The van der Waals surface area contributed by atoms with Crippen molar-refractivity contribution in [2.24, 2.45) is 0 Å². The summed E-state index contributed by atoms with van der Waals surface area (Å²) in [6, 6.07) is 9.51. The minimum Gasteiger partial charge on any atom is -0.497 e. The van der Waals surface area contributed by atoms with Gasteiger partial charge in [-0.15, -0.1) is 0 Å². The van der Waals surface area contributed by atoms with Gasteiger partial charge in [-0.25, -0.2) is 13.6 Å². The Kier molecular flexibility index (Phi) is 4.16. The molecule has 5 nitrogen and oxygen atoms in total. The molecule has 0 unspecified atom stereocenters. The van der Waals surface area contributed by atoms with Crippen LogP contribution in [0.1, 0.15) is 18.1 Å². The van der Waals surface area contributed by atoms with Crippen LogP contribution in [0, 0.1) is 11.6 Å². The lowest BCUT2D eigenvalue weighted by Crippen LogP contribution is -2.41. The number of benzene rings is 2. The monoisotopic (exact) mass is 346 g/mol. The van der Waals surface area contributed by atoms with Crippen LogP contribution in [0.5, 0.6) is 5.75 Å². The van der Waals surface area contributed by atoms with Gasteiger partial charge in [0.05, 0.1) is 13.7 Å². The van der Waals surface area contributed by atoms with Gasteiger partial charge in [0.25, 0.3) is 5.91 Å². The number of carbonyl (C=O) groups excluding carboxylic acids is 2. The lowest BCUT2D eigenvalue weighted by Gasteiger charge is -2.22. The molecular formula is C18H16F2N2O3. The number of imide groups is 1. The van der Waals surface area contributed by atoms with Gasteiger partial charge in [-0.3, -0.25) is 9.69 Å². The topological polar surface area (TPSA) is 58.6 Å². The van der Waals surface area contributed by atoms with Gasteiger partial charge in [0.15, 0.2) is 11.6 Å². The van der Waals surface area contributed by atoms with Crippen LogP contribution in [-0.4, -0.2) is 23.9 Å². The molecule has 130 valence electrons. The number of hydrogen-bond donors (Lipinski definition) is 1. The van der Waals surface area contributed by atoms with Crippen LogP contribution in [0.2, 0.25) is 0 Å². The quantitative estimate of drug-likeness (QED) is 0.866. The van der Waals surface area contributed by atoms with E-state index in [1.54, 1.807) is 24.3 Å². The van der Waals surface area contributed by atoms with Crippen LogP contribution < -0.4 is 10.1 Å². The van der Waals surface area contributed by atoms with Crippen molar-refractivity contribution >= 4 is 11.9 Å². The SMILES string of the molecule is COc1cccc(CN2C(=O)N[C@](C)(c3ccc(F)c(F)c3)C2=O)c1. The molecule has 25 heavy (non-hydrogen) atoms. The second kappa shape index (κ2) is 6.16. The highest BCUT2D eigenvalue weighted by atomic mass is 19.2. The van der Waals surface area contributed by atoms with Gasteiger partial charge in [0.2, 0.25) is 0 Å². The molecule has 1 heterocycles. The maximum atomic E-state index is 13.5. The first-order chi connectivity index (χ1) is 11.8. The first-order valence-electron chi connectivity index (χ1n) is 7.57. The number of amides is 3. The molecule has 3 rings (SSSR count). The molecule has 2 aromatic carbocycles. The van der Waals surface area contributed by atoms with Crippen LogP contribution in [0.15, 0.2) is 42.5 Å². The highest BCUT2D eigenvalue weighted by Crippen LogP contribution is 2.31. The molecule has 1 aliphatic rings. The van der Waals surface area contributed by atoms with E-state index in [9.17, 15) is 18.4 Å². The predicted octanol–water partition coefficient (Wildman–Crippen LogP) is 2.94. The van der Waals surface area contributed by atoms with E-state index in [1.165, 1.54) is 20.1 Å². The number of hydrogen-bond acceptors (Lipinski definition) is 3. The Hall–Kier alpha value is -2.96. The Balaban J connectivity index is 1.89. The van der Waals surface area contributed by atoms with Crippen molar-refractivity contribution in [3.8, 4) is 5.75 Å². The van der Waals surface area contributed by atoms with E-state index >= 15 is 0 Å². The molecule has 0 saturated carbocycles. The van der Waals surface area contributed by atoms with Gasteiger partial charge < -0.3 is 10.1 Å². The van der Waals surface area contributed by atoms with E-state index in [-0.39, 0.29) is 12.1 Å². The Morgan fingerprint density at radius 2 is 1.88 bits per heavy atom. The normalized spacial score (nSPS) is 19.9. The zero-order valence-electron chi connectivity index (χ0n) is 13.7. The lowest BCUT2D eigenvalue weighted by molar-refractivity contribution is -0.131. The number of nitrogens with one attached hydrogen (secondary N) is 1. The fraction of sp³-hybridized carbons (Fsp3) is 0.222. The lowest BCUT2D eigenvalue weighted by atomic mass is 9.92. The van der Waals surface area contributed by atoms with Crippen LogP contribution in [0.25, 0.3) is 0 Å². The zero-order chi connectivity index (χ0) is 18.2. The van der Waals surface area contributed by atoms with Crippen molar-refractivity contribution in [3.63, 3.8) is 0 Å². The maximum absolute atomic E-state index is 13.5. The molecule has 0 bridgehead atoms. The molecule has 3 amide bonds. The van der Waals surface area contributed by atoms with E-state index in [1.807, 2.05) is 0 Å². The average molecular weight is 346 g/mol. The third kappa shape index (κ3) is 2.93.